The predicted molar refractivity (Wildman–Crippen MR) is 121 cm³/mol. The number of rotatable bonds is 5. The van der Waals surface area contributed by atoms with Crippen LogP contribution in [0.1, 0.15) is 31.1 Å². The molecule has 1 aliphatic heterocycles. The predicted octanol–water partition coefficient (Wildman–Crippen LogP) is 0.554. The van der Waals surface area contributed by atoms with Crippen molar-refractivity contribution >= 4 is 28.5 Å². The van der Waals surface area contributed by atoms with E-state index in [2.05, 4.69) is 5.32 Å². The van der Waals surface area contributed by atoms with Crippen molar-refractivity contribution in [1.29, 1.82) is 0 Å². The second-order valence-corrected chi connectivity index (χ2v) is 9.33. The van der Waals surface area contributed by atoms with Crippen LogP contribution >= 0.6 is 0 Å². The van der Waals surface area contributed by atoms with Gasteiger partial charge < -0.3 is 20.0 Å². The standard InChI is InChI=1S/C24H32N4O3/c1-24(2,3)25-21(29)16-27-11-13-28(14-12-27)22(30)17-26(4)23(31)20-10-9-18-7-5-6-8-19(18)15-20/h5-10,15H,11-14,16-17H2,1-4H3,(H,25,29)/p+1. The first-order valence-electron chi connectivity index (χ1n) is 10.8. The SMILES string of the molecule is CN(CC(=O)N1CC[NH+](CC(=O)NC(C)(C)C)CC1)C(=O)c1ccc2ccccc2c1. The van der Waals surface area contributed by atoms with Crippen molar-refractivity contribution < 1.29 is 19.3 Å². The number of nitrogens with one attached hydrogen (secondary N) is 2. The minimum Gasteiger partial charge on any atom is -0.347 e. The fourth-order valence-electron chi connectivity index (χ4n) is 3.86. The maximum absolute atomic E-state index is 12.8. The highest BCUT2D eigenvalue weighted by molar-refractivity contribution is 5.99. The quantitative estimate of drug-likeness (QED) is 0.735. The van der Waals surface area contributed by atoms with E-state index in [-0.39, 0.29) is 29.8 Å². The van der Waals surface area contributed by atoms with Crippen LogP contribution < -0.4 is 10.2 Å². The Balaban J connectivity index is 1.49. The molecule has 3 rings (SSSR count). The van der Waals surface area contributed by atoms with Crippen LogP contribution in [-0.4, -0.2) is 79.4 Å². The van der Waals surface area contributed by atoms with Crippen LogP contribution in [0.25, 0.3) is 10.8 Å². The maximum atomic E-state index is 12.8. The lowest BCUT2D eigenvalue weighted by molar-refractivity contribution is -0.896. The summed E-state index contributed by atoms with van der Waals surface area (Å²) in [4.78, 5) is 42.1. The van der Waals surface area contributed by atoms with Crippen LogP contribution in [0.2, 0.25) is 0 Å². The molecule has 0 aliphatic carbocycles. The topological polar surface area (TPSA) is 74.2 Å². The number of hydrogen-bond acceptors (Lipinski definition) is 3. The summed E-state index contributed by atoms with van der Waals surface area (Å²) < 4.78 is 0. The molecule has 0 radical (unpaired) electrons. The zero-order valence-corrected chi connectivity index (χ0v) is 18.9. The van der Waals surface area contributed by atoms with Gasteiger partial charge in [0.25, 0.3) is 11.8 Å². The lowest BCUT2D eigenvalue weighted by atomic mass is 10.1. The molecule has 2 N–H and O–H groups in total. The minimum absolute atomic E-state index is 0.0305. The summed E-state index contributed by atoms with van der Waals surface area (Å²) in [6.07, 6.45) is 0. The van der Waals surface area contributed by atoms with Crippen molar-refractivity contribution in [2.45, 2.75) is 26.3 Å². The fourth-order valence-corrected chi connectivity index (χ4v) is 3.86. The molecule has 0 unspecified atom stereocenters. The molecule has 1 aliphatic rings. The summed E-state index contributed by atoms with van der Waals surface area (Å²) in [6.45, 7) is 9.00. The highest BCUT2D eigenvalue weighted by Gasteiger charge is 2.27. The van der Waals surface area contributed by atoms with Crippen LogP contribution in [0.15, 0.2) is 42.5 Å². The molecule has 2 aromatic rings. The molecule has 2 aromatic carbocycles. The highest BCUT2D eigenvalue weighted by Crippen LogP contribution is 2.16. The monoisotopic (exact) mass is 425 g/mol. The maximum Gasteiger partial charge on any atom is 0.275 e. The lowest BCUT2D eigenvalue weighted by Gasteiger charge is -2.33. The van der Waals surface area contributed by atoms with Gasteiger partial charge in [0.1, 0.15) is 0 Å². The Hall–Kier alpha value is -2.93. The Morgan fingerprint density at radius 2 is 1.68 bits per heavy atom. The molecule has 7 nitrogen and oxygen atoms in total. The Morgan fingerprint density at radius 3 is 2.32 bits per heavy atom. The Kier molecular flexibility index (Phi) is 6.95. The second kappa shape index (κ2) is 9.47. The van der Waals surface area contributed by atoms with Crippen molar-refractivity contribution in [2.75, 3.05) is 46.3 Å². The average molecular weight is 426 g/mol. The zero-order valence-electron chi connectivity index (χ0n) is 18.9. The number of fused-ring (bicyclic) bond motifs is 1. The number of benzene rings is 2. The normalized spacial score (nSPS) is 15.0. The number of amides is 3. The Morgan fingerprint density at radius 1 is 1.03 bits per heavy atom. The van der Waals surface area contributed by atoms with Crippen LogP contribution in [0.3, 0.4) is 0 Å². The number of likely N-dealkylation sites (N-methyl/N-ethyl adjacent to an activating group) is 1. The number of hydrogen-bond donors (Lipinski definition) is 2. The van der Waals surface area contributed by atoms with Gasteiger partial charge in [0.15, 0.2) is 6.54 Å². The van der Waals surface area contributed by atoms with Gasteiger partial charge >= 0.3 is 0 Å². The number of quaternary nitrogens is 1. The zero-order chi connectivity index (χ0) is 22.6. The molecular formula is C24H33N4O3+. The molecule has 0 bridgehead atoms. The summed E-state index contributed by atoms with van der Waals surface area (Å²) >= 11 is 0. The third kappa shape index (κ3) is 6.28. The minimum atomic E-state index is -0.240. The van der Waals surface area contributed by atoms with Crippen molar-refractivity contribution in [3.8, 4) is 0 Å². The molecule has 1 saturated heterocycles. The van der Waals surface area contributed by atoms with Crippen LogP contribution in [0, 0.1) is 0 Å². The molecule has 3 amide bonds. The van der Waals surface area contributed by atoms with Crippen molar-refractivity contribution in [1.82, 2.24) is 15.1 Å². The molecule has 7 heteroatoms. The van der Waals surface area contributed by atoms with Gasteiger partial charge in [-0.3, -0.25) is 14.4 Å². The Labute approximate surface area is 184 Å². The number of nitrogens with zero attached hydrogens (tertiary/aromatic N) is 2. The van der Waals surface area contributed by atoms with Gasteiger partial charge in [0.2, 0.25) is 5.91 Å². The third-order valence-corrected chi connectivity index (χ3v) is 5.46. The van der Waals surface area contributed by atoms with Gasteiger partial charge in [-0.2, -0.15) is 0 Å². The van der Waals surface area contributed by atoms with Crippen molar-refractivity contribution in [3.63, 3.8) is 0 Å². The molecule has 1 heterocycles. The fraction of sp³-hybridized carbons (Fsp3) is 0.458. The first-order chi connectivity index (χ1) is 14.6. The molecule has 0 atom stereocenters. The Bertz CT molecular complexity index is 959. The van der Waals surface area contributed by atoms with Gasteiger partial charge in [0.05, 0.1) is 32.7 Å². The number of piperazine rings is 1. The van der Waals surface area contributed by atoms with Gasteiger partial charge in [-0.15, -0.1) is 0 Å². The number of carbonyl (C=O) groups excluding carboxylic acids is 3. The van der Waals surface area contributed by atoms with Crippen LogP contribution in [0.4, 0.5) is 0 Å². The van der Waals surface area contributed by atoms with Gasteiger partial charge in [0, 0.05) is 18.2 Å². The van der Waals surface area contributed by atoms with Crippen LogP contribution in [0.5, 0.6) is 0 Å². The van der Waals surface area contributed by atoms with E-state index in [0.717, 1.165) is 23.9 Å². The van der Waals surface area contributed by atoms with E-state index in [1.165, 1.54) is 9.80 Å². The van der Waals surface area contributed by atoms with Gasteiger partial charge in [-0.05, 0) is 43.7 Å². The highest BCUT2D eigenvalue weighted by atomic mass is 16.2. The second-order valence-electron chi connectivity index (χ2n) is 9.33. The lowest BCUT2D eigenvalue weighted by Crippen LogP contribution is -3.16. The molecule has 31 heavy (non-hydrogen) atoms. The summed E-state index contributed by atoms with van der Waals surface area (Å²) in [6, 6.07) is 13.5. The number of carbonyl (C=O) groups is 3. The van der Waals surface area contributed by atoms with E-state index in [1.54, 1.807) is 18.0 Å². The molecule has 166 valence electrons. The summed E-state index contributed by atoms with van der Waals surface area (Å²) in [5.74, 6) is -0.194. The summed E-state index contributed by atoms with van der Waals surface area (Å²) in [5.41, 5.74) is 0.337. The van der Waals surface area contributed by atoms with Gasteiger partial charge in [-0.25, -0.2) is 0 Å². The molecule has 1 fully saturated rings. The summed E-state index contributed by atoms with van der Waals surface area (Å²) in [7, 11) is 1.66. The van der Waals surface area contributed by atoms with E-state index in [0.29, 0.717) is 25.2 Å². The van der Waals surface area contributed by atoms with E-state index in [9.17, 15) is 14.4 Å². The van der Waals surface area contributed by atoms with E-state index >= 15 is 0 Å². The third-order valence-electron chi connectivity index (χ3n) is 5.46. The molecule has 0 spiro atoms. The van der Waals surface area contributed by atoms with Crippen molar-refractivity contribution in [3.05, 3.63) is 48.0 Å². The van der Waals surface area contributed by atoms with Gasteiger partial charge in [-0.1, -0.05) is 30.3 Å². The first-order valence-corrected chi connectivity index (χ1v) is 10.8. The molecular weight excluding hydrogens is 392 g/mol. The first kappa shape index (κ1) is 22.7. The molecule has 0 aromatic heterocycles. The van der Waals surface area contributed by atoms with E-state index in [1.807, 2.05) is 57.2 Å². The average Bonchev–Trinajstić information content (AvgIpc) is 2.71. The van der Waals surface area contributed by atoms with Crippen LogP contribution in [-0.2, 0) is 9.59 Å². The smallest absolute Gasteiger partial charge is 0.275 e. The largest absolute Gasteiger partial charge is 0.347 e. The van der Waals surface area contributed by atoms with Crippen molar-refractivity contribution in [2.24, 2.45) is 0 Å². The molecule has 0 saturated carbocycles. The van der Waals surface area contributed by atoms with E-state index in [4.69, 9.17) is 0 Å². The van der Waals surface area contributed by atoms with E-state index < -0.39 is 0 Å². The summed E-state index contributed by atoms with van der Waals surface area (Å²) in [5, 5.41) is 5.06.